The van der Waals surface area contributed by atoms with Crippen LogP contribution in [0.3, 0.4) is 0 Å². The molecule has 0 spiro atoms. The van der Waals surface area contributed by atoms with Crippen molar-refractivity contribution in [1.29, 1.82) is 0 Å². The highest BCUT2D eigenvalue weighted by Gasteiger charge is 2.21. The monoisotopic (exact) mass is 263 g/mol. The summed E-state index contributed by atoms with van der Waals surface area (Å²) in [5.74, 6) is 1.61. The van der Waals surface area contributed by atoms with Crippen LogP contribution in [0.1, 0.15) is 18.9 Å². The highest BCUT2D eigenvalue weighted by atomic mass is 16.2. The summed E-state index contributed by atoms with van der Waals surface area (Å²) >= 11 is 0. The van der Waals surface area contributed by atoms with Crippen molar-refractivity contribution < 1.29 is 4.79 Å². The van der Waals surface area contributed by atoms with Crippen LogP contribution in [0.2, 0.25) is 0 Å². The normalized spacial score (nSPS) is 16.5. The second-order valence-corrected chi connectivity index (χ2v) is 4.82. The van der Waals surface area contributed by atoms with Crippen LogP contribution in [0.15, 0.2) is 6.20 Å². The molecule has 104 valence electrons. The summed E-state index contributed by atoms with van der Waals surface area (Å²) in [5, 5.41) is 3.11. The van der Waals surface area contributed by atoms with Gasteiger partial charge >= 0.3 is 0 Å². The maximum atomic E-state index is 11.9. The Morgan fingerprint density at radius 2 is 2.21 bits per heavy atom. The van der Waals surface area contributed by atoms with Gasteiger partial charge in [0.05, 0.1) is 6.54 Å². The molecule has 2 heterocycles. The highest BCUT2D eigenvalue weighted by Crippen LogP contribution is 2.19. The van der Waals surface area contributed by atoms with Gasteiger partial charge in [-0.1, -0.05) is 0 Å². The number of carbonyl (C=O) groups excluding carboxylic acids is 1. The Morgan fingerprint density at radius 1 is 1.42 bits per heavy atom. The minimum absolute atomic E-state index is 0.139. The van der Waals surface area contributed by atoms with Gasteiger partial charge in [-0.15, -0.1) is 0 Å². The number of amides is 1. The van der Waals surface area contributed by atoms with E-state index in [0.717, 1.165) is 37.4 Å². The maximum absolute atomic E-state index is 11.9. The van der Waals surface area contributed by atoms with Crippen LogP contribution in [0.4, 0.5) is 11.8 Å². The van der Waals surface area contributed by atoms with E-state index < -0.39 is 0 Å². The van der Waals surface area contributed by atoms with Gasteiger partial charge in [-0.3, -0.25) is 4.79 Å². The van der Waals surface area contributed by atoms with Crippen molar-refractivity contribution in [2.75, 3.05) is 43.4 Å². The van der Waals surface area contributed by atoms with E-state index in [-0.39, 0.29) is 5.91 Å². The van der Waals surface area contributed by atoms with Crippen LogP contribution in [-0.2, 0) is 4.79 Å². The van der Waals surface area contributed by atoms with Crippen molar-refractivity contribution in [2.45, 2.75) is 20.3 Å². The summed E-state index contributed by atoms with van der Waals surface area (Å²) in [4.78, 5) is 24.5. The molecule has 1 aromatic rings. The lowest BCUT2D eigenvalue weighted by Gasteiger charge is -2.22. The first-order valence-corrected chi connectivity index (χ1v) is 6.68. The van der Waals surface area contributed by atoms with Gasteiger partial charge in [0, 0.05) is 38.4 Å². The molecule has 1 aliphatic rings. The van der Waals surface area contributed by atoms with Crippen molar-refractivity contribution in [3.8, 4) is 0 Å². The maximum Gasteiger partial charge on any atom is 0.241 e. The van der Waals surface area contributed by atoms with E-state index in [1.807, 2.05) is 25.8 Å². The molecule has 1 aliphatic heterocycles. The van der Waals surface area contributed by atoms with E-state index in [2.05, 4.69) is 15.3 Å². The Bertz CT molecular complexity index is 462. The smallest absolute Gasteiger partial charge is 0.241 e. The van der Waals surface area contributed by atoms with Crippen LogP contribution >= 0.6 is 0 Å². The molecule has 6 heteroatoms. The van der Waals surface area contributed by atoms with Gasteiger partial charge in [0.2, 0.25) is 11.9 Å². The molecule has 0 aliphatic carbocycles. The number of anilines is 2. The first-order chi connectivity index (χ1) is 9.11. The minimum atomic E-state index is 0.139. The highest BCUT2D eigenvalue weighted by molar-refractivity contribution is 5.81. The number of likely N-dealkylation sites (N-methyl/N-ethyl adjacent to an activating group) is 1. The number of nitrogens with zero attached hydrogens (tertiary/aromatic N) is 4. The first kappa shape index (κ1) is 13.6. The van der Waals surface area contributed by atoms with Gasteiger partial charge in [0.25, 0.3) is 0 Å². The van der Waals surface area contributed by atoms with E-state index >= 15 is 0 Å². The third-order valence-corrected chi connectivity index (χ3v) is 3.25. The standard InChI is InChI=1S/C13H21N5O/c1-4-14-13-15-8-10(2)12(16-13)18-7-5-6-17(3)11(19)9-18/h8H,4-7,9H2,1-3H3,(H,14,15,16). The number of hydrogen-bond donors (Lipinski definition) is 1. The second kappa shape index (κ2) is 5.86. The molecule has 1 aromatic heterocycles. The van der Waals surface area contributed by atoms with Gasteiger partial charge in [-0.2, -0.15) is 4.98 Å². The zero-order valence-corrected chi connectivity index (χ0v) is 11.8. The fraction of sp³-hybridized carbons (Fsp3) is 0.615. The Kier molecular flexibility index (Phi) is 4.19. The Balaban J connectivity index is 2.24. The lowest BCUT2D eigenvalue weighted by atomic mass is 10.3. The average Bonchev–Trinajstić information content (AvgIpc) is 2.55. The van der Waals surface area contributed by atoms with E-state index in [4.69, 9.17) is 0 Å². The summed E-state index contributed by atoms with van der Waals surface area (Å²) in [6.45, 7) is 6.81. The molecule has 1 saturated heterocycles. The molecule has 0 aromatic carbocycles. The van der Waals surface area contributed by atoms with Crippen LogP contribution in [-0.4, -0.2) is 54.0 Å². The number of carbonyl (C=O) groups is 1. The van der Waals surface area contributed by atoms with Crippen LogP contribution in [0.5, 0.6) is 0 Å². The minimum Gasteiger partial charge on any atom is -0.354 e. The van der Waals surface area contributed by atoms with Crippen LogP contribution in [0.25, 0.3) is 0 Å². The number of aryl methyl sites for hydroxylation is 1. The van der Waals surface area contributed by atoms with E-state index in [0.29, 0.717) is 12.5 Å². The van der Waals surface area contributed by atoms with Crippen molar-refractivity contribution in [3.63, 3.8) is 0 Å². The molecule has 6 nitrogen and oxygen atoms in total. The fourth-order valence-electron chi connectivity index (χ4n) is 2.16. The number of hydrogen-bond acceptors (Lipinski definition) is 5. The second-order valence-electron chi connectivity index (χ2n) is 4.82. The van der Waals surface area contributed by atoms with E-state index in [1.54, 1.807) is 11.1 Å². The molecule has 0 atom stereocenters. The summed E-state index contributed by atoms with van der Waals surface area (Å²) in [6, 6.07) is 0. The predicted molar refractivity (Wildman–Crippen MR) is 75.4 cm³/mol. The van der Waals surface area contributed by atoms with Gasteiger partial charge < -0.3 is 15.1 Å². The summed E-state index contributed by atoms with van der Waals surface area (Å²) in [5.41, 5.74) is 0.999. The summed E-state index contributed by atoms with van der Waals surface area (Å²) in [6.07, 6.45) is 2.77. The SMILES string of the molecule is CCNc1ncc(C)c(N2CCCN(C)C(=O)C2)n1. The quantitative estimate of drug-likeness (QED) is 0.877. The number of rotatable bonds is 3. The van der Waals surface area contributed by atoms with Crippen LogP contribution in [0, 0.1) is 6.92 Å². The van der Waals surface area contributed by atoms with Crippen molar-refractivity contribution in [2.24, 2.45) is 0 Å². The van der Waals surface area contributed by atoms with E-state index in [1.165, 1.54) is 0 Å². The summed E-state index contributed by atoms with van der Waals surface area (Å²) in [7, 11) is 1.85. The van der Waals surface area contributed by atoms with Crippen molar-refractivity contribution in [1.82, 2.24) is 14.9 Å². The fourth-order valence-corrected chi connectivity index (χ4v) is 2.16. The third-order valence-electron chi connectivity index (χ3n) is 3.25. The molecular formula is C13H21N5O. The number of nitrogens with one attached hydrogen (secondary N) is 1. The average molecular weight is 263 g/mol. The number of aromatic nitrogens is 2. The van der Waals surface area contributed by atoms with Gasteiger partial charge in [0.1, 0.15) is 5.82 Å². The molecule has 0 bridgehead atoms. The largest absolute Gasteiger partial charge is 0.354 e. The van der Waals surface area contributed by atoms with E-state index in [9.17, 15) is 4.79 Å². The molecule has 0 saturated carbocycles. The molecule has 19 heavy (non-hydrogen) atoms. The zero-order chi connectivity index (χ0) is 13.8. The lowest BCUT2D eigenvalue weighted by molar-refractivity contribution is -0.127. The van der Waals surface area contributed by atoms with Crippen molar-refractivity contribution >= 4 is 17.7 Å². The topological polar surface area (TPSA) is 61.4 Å². The Labute approximate surface area is 113 Å². The third kappa shape index (κ3) is 3.13. The van der Waals surface area contributed by atoms with Gasteiger partial charge in [-0.25, -0.2) is 4.98 Å². The Hall–Kier alpha value is -1.85. The molecule has 1 N–H and O–H groups in total. The Morgan fingerprint density at radius 3 is 2.95 bits per heavy atom. The molecule has 1 amide bonds. The molecule has 2 rings (SSSR count). The van der Waals surface area contributed by atoms with Gasteiger partial charge in [-0.05, 0) is 20.3 Å². The van der Waals surface area contributed by atoms with Gasteiger partial charge in [0.15, 0.2) is 0 Å². The van der Waals surface area contributed by atoms with Crippen LogP contribution < -0.4 is 10.2 Å². The zero-order valence-electron chi connectivity index (χ0n) is 11.8. The molecule has 1 fully saturated rings. The predicted octanol–water partition coefficient (Wildman–Crippen LogP) is 0.885. The molecule has 0 radical (unpaired) electrons. The lowest BCUT2D eigenvalue weighted by Crippen LogP contribution is -2.35. The molecule has 0 unspecified atom stereocenters. The summed E-state index contributed by atoms with van der Waals surface area (Å²) < 4.78 is 0. The molecular weight excluding hydrogens is 242 g/mol. The van der Waals surface area contributed by atoms with Crippen molar-refractivity contribution in [3.05, 3.63) is 11.8 Å². The first-order valence-electron chi connectivity index (χ1n) is 6.68.